The van der Waals surface area contributed by atoms with Crippen LogP contribution in [0.4, 0.5) is 5.69 Å². The largest absolute Gasteiger partial charge is 0.491 e. The van der Waals surface area contributed by atoms with Crippen molar-refractivity contribution in [2.75, 3.05) is 5.73 Å². The number of nitrogen functional groups attached to an aromatic ring is 1. The zero-order chi connectivity index (χ0) is 12.7. The number of nitrogens with two attached hydrogens (primary N) is 1. The molecule has 18 heavy (non-hydrogen) atoms. The Bertz CT molecular complexity index is 740. The molecule has 4 heteroatoms. The lowest BCUT2D eigenvalue weighted by Crippen LogP contribution is -2.33. The molecule has 0 aliphatic rings. The molecule has 3 aromatic rings. The van der Waals surface area contributed by atoms with Crippen LogP contribution >= 0.6 is 0 Å². The third-order valence-electron chi connectivity index (χ3n) is 3.27. The molecule has 4 N–H and O–H groups in total. The second-order valence-electron chi connectivity index (χ2n) is 4.29. The Morgan fingerprint density at radius 2 is 1.17 bits per heavy atom. The average Bonchev–Trinajstić information content (AvgIpc) is 2.39. The second kappa shape index (κ2) is 4.01. The van der Waals surface area contributed by atoms with Crippen molar-refractivity contribution in [2.45, 2.75) is 0 Å². The quantitative estimate of drug-likeness (QED) is 0.339. The lowest BCUT2D eigenvalue weighted by molar-refractivity contribution is 0.426. The number of fused-ring (bicyclic) bond motifs is 3. The number of benzene rings is 3. The van der Waals surface area contributed by atoms with Crippen LogP contribution in [0.3, 0.4) is 0 Å². The van der Waals surface area contributed by atoms with E-state index >= 15 is 0 Å². The second-order valence-corrected chi connectivity index (χ2v) is 4.29. The third kappa shape index (κ3) is 1.47. The van der Waals surface area contributed by atoms with E-state index in [4.69, 9.17) is 5.73 Å². The summed E-state index contributed by atoms with van der Waals surface area (Å²) in [6.07, 6.45) is 0. The Morgan fingerprint density at radius 3 is 1.72 bits per heavy atom. The van der Waals surface area contributed by atoms with Crippen molar-refractivity contribution < 1.29 is 10.0 Å². The van der Waals surface area contributed by atoms with Gasteiger partial charge < -0.3 is 15.8 Å². The van der Waals surface area contributed by atoms with Gasteiger partial charge in [-0.05, 0) is 16.2 Å². The zero-order valence-corrected chi connectivity index (χ0v) is 9.67. The van der Waals surface area contributed by atoms with Crippen molar-refractivity contribution in [3.8, 4) is 0 Å². The minimum atomic E-state index is -1.57. The average molecular weight is 237 g/mol. The van der Waals surface area contributed by atoms with E-state index < -0.39 is 7.12 Å². The zero-order valence-electron chi connectivity index (χ0n) is 9.67. The highest BCUT2D eigenvalue weighted by Gasteiger charge is 2.20. The molecule has 0 saturated carbocycles. The van der Waals surface area contributed by atoms with Crippen molar-refractivity contribution in [3.05, 3.63) is 48.5 Å². The Labute approximate surface area is 105 Å². The van der Waals surface area contributed by atoms with Gasteiger partial charge in [-0.1, -0.05) is 48.5 Å². The molecular weight excluding hydrogens is 225 g/mol. The number of hydrogen-bond acceptors (Lipinski definition) is 3. The van der Waals surface area contributed by atoms with Crippen LogP contribution in [-0.2, 0) is 0 Å². The lowest BCUT2D eigenvalue weighted by Gasteiger charge is -2.13. The van der Waals surface area contributed by atoms with Crippen molar-refractivity contribution >= 4 is 39.8 Å². The topological polar surface area (TPSA) is 66.5 Å². The lowest BCUT2D eigenvalue weighted by atomic mass is 9.74. The molecule has 0 atom stereocenters. The predicted octanol–water partition coefficient (Wildman–Crippen LogP) is 1.25. The fourth-order valence-electron chi connectivity index (χ4n) is 2.47. The highest BCUT2D eigenvalue weighted by molar-refractivity contribution is 6.65. The monoisotopic (exact) mass is 237 g/mol. The van der Waals surface area contributed by atoms with Crippen LogP contribution in [0.2, 0.25) is 0 Å². The van der Waals surface area contributed by atoms with Gasteiger partial charge in [0.25, 0.3) is 0 Å². The maximum absolute atomic E-state index is 9.54. The summed E-state index contributed by atoms with van der Waals surface area (Å²) in [5.41, 5.74) is 6.87. The summed E-state index contributed by atoms with van der Waals surface area (Å²) in [7, 11) is -1.57. The van der Waals surface area contributed by atoms with Crippen LogP contribution in [0.25, 0.3) is 21.5 Å². The Balaban J connectivity index is 2.62. The highest BCUT2D eigenvalue weighted by atomic mass is 16.4. The van der Waals surface area contributed by atoms with Gasteiger partial charge in [-0.15, -0.1) is 0 Å². The minimum absolute atomic E-state index is 0.379. The molecule has 0 aliphatic heterocycles. The van der Waals surface area contributed by atoms with Crippen LogP contribution < -0.4 is 11.2 Å². The number of hydrogen-bond donors (Lipinski definition) is 3. The molecule has 0 amide bonds. The first-order chi connectivity index (χ1) is 8.70. The molecule has 0 bridgehead atoms. The van der Waals surface area contributed by atoms with Gasteiger partial charge in [0.15, 0.2) is 0 Å². The Hall–Kier alpha value is -2.04. The summed E-state index contributed by atoms with van der Waals surface area (Å²) >= 11 is 0. The molecule has 0 unspecified atom stereocenters. The molecule has 0 aliphatic carbocycles. The molecule has 0 saturated heterocycles. The molecule has 3 rings (SSSR count). The number of anilines is 1. The molecule has 0 fully saturated rings. The molecule has 0 heterocycles. The fourth-order valence-corrected chi connectivity index (χ4v) is 2.47. The van der Waals surface area contributed by atoms with Gasteiger partial charge in [0, 0.05) is 16.5 Å². The summed E-state index contributed by atoms with van der Waals surface area (Å²) in [6.45, 7) is 0. The Kier molecular flexibility index (Phi) is 2.47. The van der Waals surface area contributed by atoms with Crippen LogP contribution in [-0.4, -0.2) is 17.2 Å². The molecular formula is C14H12BNO2. The van der Waals surface area contributed by atoms with Crippen LogP contribution in [0.1, 0.15) is 0 Å². The standard InChI is InChI=1S/C14H12BNO2/c16-14-12-8-4-2-6-10(12)9-5-1-3-7-11(9)13(14)15(17)18/h1-8,17-18H,16H2. The summed E-state index contributed by atoms with van der Waals surface area (Å²) in [4.78, 5) is 0. The van der Waals surface area contributed by atoms with E-state index in [2.05, 4.69) is 0 Å². The van der Waals surface area contributed by atoms with Crippen molar-refractivity contribution in [1.82, 2.24) is 0 Å². The van der Waals surface area contributed by atoms with E-state index in [1.165, 1.54) is 0 Å². The van der Waals surface area contributed by atoms with Crippen molar-refractivity contribution in [2.24, 2.45) is 0 Å². The summed E-state index contributed by atoms with van der Waals surface area (Å²) in [6, 6.07) is 15.3. The molecule has 3 aromatic carbocycles. The SMILES string of the molecule is Nc1c(B(O)O)c2ccccc2c2ccccc12. The molecule has 0 radical (unpaired) electrons. The van der Waals surface area contributed by atoms with E-state index in [9.17, 15) is 10.0 Å². The normalized spacial score (nSPS) is 11.0. The van der Waals surface area contributed by atoms with Gasteiger partial charge in [0.05, 0.1) is 0 Å². The first-order valence-electron chi connectivity index (χ1n) is 5.75. The summed E-state index contributed by atoms with van der Waals surface area (Å²) in [5, 5.41) is 22.7. The van der Waals surface area contributed by atoms with Gasteiger partial charge in [0.1, 0.15) is 0 Å². The van der Waals surface area contributed by atoms with Crippen LogP contribution in [0.15, 0.2) is 48.5 Å². The molecule has 0 aromatic heterocycles. The maximum Gasteiger partial charge on any atom is 0.491 e. The third-order valence-corrected chi connectivity index (χ3v) is 3.27. The highest BCUT2D eigenvalue weighted by Crippen LogP contribution is 2.28. The van der Waals surface area contributed by atoms with Crippen LogP contribution in [0.5, 0.6) is 0 Å². The first kappa shape index (κ1) is 11.1. The van der Waals surface area contributed by atoms with Gasteiger partial charge in [-0.3, -0.25) is 0 Å². The smallest absolute Gasteiger partial charge is 0.423 e. The minimum Gasteiger partial charge on any atom is -0.423 e. The van der Waals surface area contributed by atoms with E-state index in [1.54, 1.807) is 0 Å². The predicted molar refractivity (Wildman–Crippen MR) is 75.7 cm³/mol. The summed E-state index contributed by atoms with van der Waals surface area (Å²) < 4.78 is 0. The van der Waals surface area contributed by atoms with E-state index in [0.29, 0.717) is 11.2 Å². The first-order valence-corrected chi connectivity index (χ1v) is 5.75. The molecule has 3 nitrogen and oxygen atoms in total. The molecule has 88 valence electrons. The van der Waals surface area contributed by atoms with Crippen molar-refractivity contribution in [1.29, 1.82) is 0 Å². The Morgan fingerprint density at radius 1 is 0.722 bits per heavy atom. The van der Waals surface area contributed by atoms with Crippen LogP contribution in [0, 0.1) is 0 Å². The van der Waals surface area contributed by atoms with Gasteiger partial charge in [0.2, 0.25) is 0 Å². The fraction of sp³-hybridized carbons (Fsp3) is 0. The van der Waals surface area contributed by atoms with Gasteiger partial charge >= 0.3 is 7.12 Å². The van der Waals surface area contributed by atoms with Crippen molar-refractivity contribution in [3.63, 3.8) is 0 Å². The van der Waals surface area contributed by atoms with Gasteiger partial charge in [-0.25, -0.2) is 0 Å². The van der Waals surface area contributed by atoms with E-state index in [-0.39, 0.29) is 0 Å². The van der Waals surface area contributed by atoms with Gasteiger partial charge in [-0.2, -0.15) is 0 Å². The molecule has 0 spiro atoms. The van der Waals surface area contributed by atoms with E-state index in [1.807, 2.05) is 48.5 Å². The van der Waals surface area contributed by atoms with E-state index in [0.717, 1.165) is 21.5 Å². The number of rotatable bonds is 1. The summed E-state index contributed by atoms with van der Waals surface area (Å²) in [5.74, 6) is 0. The maximum atomic E-state index is 9.54.